The molecule has 0 aromatic heterocycles. The highest BCUT2D eigenvalue weighted by Gasteiger charge is 2.30. The van der Waals surface area contributed by atoms with E-state index in [1.807, 2.05) is 31.2 Å². The maximum atomic E-state index is 13.3. The molecule has 1 aliphatic rings. The van der Waals surface area contributed by atoms with Crippen LogP contribution in [0.4, 0.5) is 4.39 Å². The molecule has 0 aliphatic heterocycles. The molecule has 0 saturated heterocycles. The predicted molar refractivity (Wildman–Crippen MR) is 126 cm³/mol. The normalized spacial score (nSPS) is 14.8. The zero-order chi connectivity index (χ0) is 22.2. The minimum absolute atomic E-state index is 0.140. The monoisotopic (exact) mass is 538 g/mol. The molecule has 0 heterocycles. The SMILES string of the molecule is CC[C@H](C(=O)NC1CCCC1)N(Cc1ccc(F)cc1)C(=O)COc1ccc(I)cc1. The highest BCUT2D eigenvalue weighted by molar-refractivity contribution is 14.1. The standard InChI is InChI=1S/C24H28FIN2O3/c1-2-22(24(30)27-20-5-3-4-6-20)28(15-17-7-9-18(25)10-8-17)23(29)16-31-21-13-11-19(26)12-14-21/h7-14,20,22H,2-6,15-16H2,1H3,(H,27,30)/t22-/m1/s1. The van der Waals surface area contributed by atoms with Crippen molar-refractivity contribution in [1.29, 1.82) is 0 Å². The van der Waals surface area contributed by atoms with Crippen LogP contribution in [-0.4, -0.2) is 35.4 Å². The van der Waals surface area contributed by atoms with Crippen LogP contribution in [0.2, 0.25) is 0 Å². The second kappa shape index (κ2) is 11.5. The average molecular weight is 538 g/mol. The van der Waals surface area contributed by atoms with Crippen molar-refractivity contribution >= 4 is 34.4 Å². The molecule has 166 valence electrons. The molecule has 2 amide bonds. The van der Waals surface area contributed by atoms with Gasteiger partial charge in [0.1, 0.15) is 17.6 Å². The molecule has 1 atom stereocenters. The number of carbonyl (C=O) groups excluding carboxylic acids is 2. The fraction of sp³-hybridized carbons (Fsp3) is 0.417. The smallest absolute Gasteiger partial charge is 0.261 e. The predicted octanol–water partition coefficient (Wildman–Crippen LogP) is 4.68. The molecule has 2 aromatic carbocycles. The molecule has 1 saturated carbocycles. The molecule has 2 aromatic rings. The highest BCUT2D eigenvalue weighted by Crippen LogP contribution is 2.20. The average Bonchev–Trinajstić information content (AvgIpc) is 3.27. The van der Waals surface area contributed by atoms with E-state index in [4.69, 9.17) is 4.74 Å². The fourth-order valence-corrected chi connectivity index (χ4v) is 4.19. The molecule has 0 bridgehead atoms. The summed E-state index contributed by atoms with van der Waals surface area (Å²) in [5.74, 6) is -0.163. The second-order valence-electron chi connectivity index (χ2n) is 7.80. The summed E-state index contributed by atoms with van der Waals surface area (Å²) in [4.78, 5) is 27.7. The van der Waals surface area contributed by atoms with Gasteiger partial charge >= 0.3 is 0 Å². The van der Waals surface area contributed by atoms with Gasteiger partial charge in [-0.05, 0) is 83.8 Å². The van der Waals surface area contributed by atoms with Crippen molar-refractivity contribution in [3.63, 3.8) is 0 Å². The topological polar surface area (TPSA) is 58.6 Å². The van der Waals surface area contributed by atoms with Crippen molar-refractivity contribution < 1.29 is 18.7 Å². The van der Waals surface area contributed by atoms with Gasteiger partial charge in [-0.1, -0.05) is 31.9 Å². The molecule has 5 nitrogen and oxygen atoms in total. The zero-order valence-electron chi connectivity index (χ0n) is 17.7. The Morgan fingerprint density at radius 3 is 2.39 bits per heavy atom. The molecule has 0 unspecified atom stereocenters. The van der Waals surface area contributed by atoms with E-state index in [0.29, 0.717) is 12.2 Å². The molecule has 3 rings (SSSR count). The van der Waals surface area contributed by atoms with Crippen LogP contribution in [-0.2, 0) is 16.1 Å². The van der Waals surface area contributed by atoms with Crippen molar-refractivity contribution in [2.45, 2.75) is 57.7 Å². The Labute approximate surface area is 196 Å². The maximum absolute atomic E-state index is 13.3. The number of hydrogen-bond acceptors (Lipinski definition) is 3. The summed E-state index contributed by atoms with van der Waals surface area (Å²) in [5, 5.41) is 3.11. The lowest BCUT2D eigenvalue weighted by molar-refractivity contribution is -0.143. The van der Waals surface area contributed by atoms with E-state index in [1.165, 1.54) is 12.1 Å². The number of amides is 2. The molecule has 1 aliphatic carbocycles. The van der Waals surface area contributed by atoms with Crippen LogP contribution >= 0.6 is 22.6 Å². The van der Waals surface area contributed by atoms with Crippen LogP contribution in [0.15, 0.2) is 48.5 Å². The lowest BCUT2D eigenvalue weighted by Crippen LogP contribution is -2.52. The molecule has 1 fully saturated rings. The van der Waals surface area contributed by atoms with Gasteiger partial charge in [0.15, 0.2) is 6.61 Å². The first-order chi connectivity index (χ1) is 15.0. The van der Waals surface area contributed by atoms with Gasteiger partial charge in [0.05, 0.1) is 0 Å². The van der Waals surface area contributed by atoms with Crippen LogP contribution in [0, 0.1) is 9.39 Å². The lowest BCUT2D eigenvalue weighted by Gasteiger charge is -2.31. The minimum Gasteiger partial charge on any atom is -0.484 e. The van der Waals surface area contributed by atoms with Crippen LogP contribution in [0.5, 0.6) is 5.75 Å². The van der Waals surface area contributed by atoms with E-state index < -0.39 is 6.04 Å². The minimum atomic E-state index is -0.613. The molecular formula is C24H28FIN2O3. The molecule has 7 heteroatoms. The molecule has 1 N–H and O–H groups in total. The van der Waals surface area contributed by atoms with E-state index in [0.717, 1.165) is 34.8 Å². The summed E-state index contributed by atoms with van der Waals surface area (Å²) in [6.45, 7) is 1.94. The number of rotatable bonds is 9. The Balaban J connectivity index is 1.74. The van der Waals surface area contributed by atoms with Gasteiger partial charge in [0.25, 0.3) is 5.91 Å². The number of benzene rings is 2. The number of nitrogens with zero attached hydrogens (tertiary/aromatic N) is 1. The number of halogens is 2. The Hall–Kier alpha value is -2.16. The Kier molecular flexibility index (Phi) is 8.69. The molecular weight excluding hydrogens is 510 g/mol. The quantitative estimate of drug-likeness (QED) is 0.472. The van der Waals surface area contributed by atoms with Crippen LogP contribution in [0.25, 0.3) is 0 Å². The largest absolute Gasteiger partial charge is 0.484 e. The van der Waals surface area contributed by atoms with Crippen LogP contribution in [0.3, 0.4) is 0 Å². The first kappa shape index (κ1) is 23.5. The van der Waals surface area contributed by atoms with Gasteiger partial charge in [-0.2, -0.15) is 0 Å². The Morgan fingerprint density at radius 2 is 1.77 bits per heavy atom. The third-order valence-electron chi connectivity index (χ3n) is 5.53. The van der Waals surface area contributed by atoms with Gasteiger partial charge in [-0.25, -0.2) is 4.39 Å². The van der Waals surface area contributed by atoms with Gasteiger partial charge in [-0.15, -0.1) is 0 Å². The third kappa shape index (κ3) is 6.92. The first-order valence-electron chi connectivity index (χ1n) is 10.7. The number of ether oxygens (including phenoxy) is 1. The molecule has 0 spiro atoms. The summed E-state index contributed by atoms with van der Waals surface area (Å²) >= 11 is 2.20. The van der Waals surface area contributed by atoms with E-state index in [1.54, 1.807) is 17.0 Å². The summed E-state index contributed by atoms with van der Waals surface area (Å²) in [7, 11) is 0. The zero-order valence-corrected chi connectivity index (χ0v) is 19.8. The number of nitrogens with one attached hydrogen (secondary N) is 1. The second-order valence-corrected chi connectivity index (χ2v) is 9.05. The van der Waals surface area contributed by atoms with Gasteiger partial charge in [0, 0.05) is 16.2 Å². The fourth-order valence-electron chi connectivity index (χ4n) is 3.83. The Bertz CT molecular complexity index is 867. The van der Waals surface area contributed by atoms with Crippen molar-refractivity contribution in [2.24, 2.45) is 0 Å². The van der Waals surface area contributed by atoms with E-state index in [-0.39, 0.29) is 36.8 Å². The summed E-state index contributed by atoms with van der Waals surface area (Å²) in [6, 6.07) is 13.0. The summed E-state index contributed by atoms with van der Waals surface area (Å²) < 4.78 is 20.1. The van der Waals surface area contributed by atoms with Crippen molar-refractivity contribution in [2.75, 3.05) is 6.61 Å². The maximum Gasteiger partial charge on any atom is 0.261 e. The van der Waals surface area contributed by atoms with Crippen molar-refractivity contribution in [1.82, 2.24) is 10.2 Å². The lowest BCUT2D eigenvalue weighted by atomic mass is 10.1. The van der Waals surface area contributed by atoms with Crippen LogP contribution in [0.1, 0.15) is 44.6 Å². The first-order valence-corrected chi connectivity index (χ1v) is 11.8. The molecule has 0 radical (unpaired) electrons. The number of carbonyl (C=O) groups is 2. The Morgan fingerprint density at radius 1 is 1.13 bits per heavy atom. The molecule has 31 heavy (non-hydrogen) atoms. The van der Waals surface area contributed by atoms with Crippen molar-refractivity contribution in [3.8, 4) is 5.75 Å². The van der Waals surface area contributed by atoms with Gasteiger partial charge in [-0.3, -0.25) is 9.59 Å². The van der Waals surface area contributed by atoms with E-state index in [2.05, 4.69) is 27.9 Å². The third-order valence-corrected chi connectivity index (χ3v) is 6.25. The highest BCUT2D eigenvalue weighted by atomic mass is 127. The summed E-state index contributed by atoms with van der Waals surface area (Å²) in [5.41, 5.74) is 0.760. The van der Waals surface area contributed by atoms with E-state index >= 15 is 0 Å². The number of hydrogen-bond donors (Lipinski definition) is 1. The van der Waals surface area contributed by atoms with Crippen molar-refractivity contribution in [3.05, 3.63) is 63.5 Å². The van der Waals surface area contributed by atoms with Crippen LogP contribution < -0.4 is 10.1 Å². The van der Waals surface area contributed by atoms with Gasteiger partial charge in [0.2, 0.25) is 5.91 Å². The summed E-state index contributed by atoms with van der Waals surface area (Å²) in [6.07, 6.45) is 4.66. The van der Waals surface area contributed by atoms with Gasteiger partial charge < -0.3 is 15.0 Å². The van der Waals surface area contributed by atoms with E-state index in [9.17, 15) is 14.0 Å².